The number of esters is 4. The summed E-state index contributed by atoms with van der Waals surface area (Å²) in [4.78, 5) is 68.1. The van der Waals surface area contributed by atoms with Crippen molar-refractivity contribution in [2.45, 2.75) is 51.9 Å². The van der Waals surface area contributed by atoms with Gasteiger partial charge >= 0.3 is 23.9 Å². The number of ether oxygens (including phenoxy) is 6. The summed E-state index contributed by atoms with van der Waals surface area (Å²) in [5.41, 5.74) is 0.531. The highest BCUT2D eigenvalue weighted by Crippen LogP contribution is 2.30. The van der Waals surface area contributed by atoms with Gasteiger partial charge in [0.25, 0.3) is 5.91 Å². The lowest BCUT2D eigenvalue weighted by Gasteiger charge is -2.29. The van der Waals surface area contributed by atoms with Crippen LogP contribution in [-0.4, -0.2) is 80.5 Å². The Kier molecular flexibility index (Phi) is 11.8. The third-order valence-corrected chi connectivity index (χ3v) is 6.55. The quantitative estimate of drug-likeness (QED) is 0.295. The Balaban J connectivity index is 1.86. The van der Waals surface area contributed by atoms with Crippen LogP contribution in [0.2, 0.25) is 0 Å². The van der Waals surface area contributed by atoms with Gasteiger partial charge in [-0.15, -0.1) is 0 Å². The molecular formula is C30H36N2O11. The van der Waals surface area contributed by atoms with E-state index < -0.39 is 66.5 Å². The maximum absolute atomic E-state index is 13.4. The lowest BCUT2D eigenvalue weighted by Crippen LogP contribution is -2.47. The van der Waals surface area contributed by atoms with E-state index in [2.05, 4.69) is 15.0 Å². The van der Waals surface area contributed by atoms with Crippen LogP contribution in [0.15, 0.2) is 42.6 Å². The highest BCUT2D eigenvalue weighted by molar-refractivity contribution is 5.98. The lowest BCUT2D eigenvalue weighted by atomic mass is 9.91. The van der Waals surface area contributed by atoms with E-state index in [9.17, 15) is 24.0 Å². The largest absolute Gasteiger partial charge is 0.493 e. The Morgan fingerprint density at radius 3 is 2.44 bits per heavy atom. The van der Waals surface area contributed by atoms with Crippen molar-refractivity contribution in [2.24, 2.45) is 11.8 Å². The van der Waals surface area contributed by atoms with Gasteiger partial charge in [-0.25, -0.2) is 9.78 Å². The number of amides is 1. The molecular weight excluding hydrogens is 564 g/mol. The molecule has 43 heavy (non-hydrogen) atoms. The van der Waals surface area contributed by atoms with Crippen LogP contribution in [-0.2, 0) is 44.5 Å². The summed E-state index contributed by atoms with van der Waals surface area (Å²) in [5, 5.41) is 2.47. The van der Waals surface area contributed by atoms with Crippen LogP contribution in [0.3, 0.4) is 0 Å². The second-order valence-electron chi connectivity index (χ2n) is 10.0. The summed E-state index contributed by atoms with van der Waals surface area (Å²) in [6.07, 6.45) is -0.886. The number of hydrogen-bond acceptors (Lipinski definition) is 12. The van der Waals surface area contributed by atoms with Gasteiger partial charge in [0.1, 0.15) is 18.6 Å². The minimum absolute atomic E-state index is 0.0724. The minimum Gasteiger partial charge on any atom is -0.493 e. The summed E-state index contributed by atoms with van der Waals surface area (Å²) in [6, 6.07) is 9.07. The van der Waals surface area contributed by atoms with Gasteiger partial charge < -0.3 is 33.7 Å². The molecule has 1 aliphatic rings. The maximum Gasteiger partial charge on any atom is 0.332 e. The highest BCUT2D eigenvalue weighted by atomic mass is 16.6. The van der Waals surface area contributed by atoms with E-state index in [4.69, 9.17) is 23.7 Å². The standard InChI is InChI=1S/C30H36N2O11/c1-17(2)28(35)43-25-18(3)42-30(37)21(16-41-29(36)20(25)15-19-9-7-6-8-10-19)32-27(34)24-26(22(38-4)11-13-31-24)40-14-12-23(33)39-5/h6-11,13,17-18,20-21,25H,12,14-16H2,1-5H3,(H,32,34)/t18-,20?,21?,25?/m0/s1. The monoisotopic (exact) mass is 600 g/mol. The van der Waals surface area contributed by atoms with Crippen molar-refractivity contribution in [2.75, 3.05) is 27.4 Å². The van der Waals surface area contributed by atoms with Crippen molar-refractivity contribution < 1.29 is 52.4 Å². The van der Waals surface area contributed by atoms with Crippen LogP contribution < -0.4 is 14.8 Å². The van der Waals surface area contributed by atoms with E-state index in [1.54, 1.807) is 26.0 Å². The molecule has 2 aromatic rings. The topological polar surface area (TPSA) is 166 Å². The molecule has 13 heteroatoms. The van der Waals surface area contributed by atoms with Gasteiger partial charge in [0.15, 0.2) is 29.3 Å². The molecule has 1 aliphatic heterocycles. The van der Waals surface area contributed by atoms with Gasteiger partial charge in [0, 0.05) is 12.3 Å². The predicted octanol–water partition coefficient (Wildman–Crippen LogP) is 2.05. The number of rotatable bonds is 11. The first kappa shape index (κ1) is 32.8. The average molecular weight is 601 g/mol. The number of pyridine rings is 1. The molecule has 0 saturated carbocycles. The second-order valence-corrected chi connectivity index (χ2v) is 10.0. The highest BCUT2D eigenvalue weighted by Gasteiger charge is 2.42. The Labute approximate surface area is 249 Å². The van der Waals surface area contributed by atoms with Gasteiger partial charge in [-0.2, -0.15) is 0 Å². The maximum atomic E-state index is 13.4. The fourth-order valence-electron chi connectivity index (χ4n) is 4.21. The number of carbonyl (C=O) groups excluding carboxylic acids is 5. The van der Waals surface area contributed by atoms with Gasteiger partial charge in [0.2, 0.25) is 0 Å². The smallest absolute Gasteiger partial charge is 0.332 e. The van der Waals surface area contributed by atoms with Crippen LogP contribution in [0.4, 0.5) is 0 Å². The Hall–Kier alpha value is -4.68. The molecule has 2 heterocycles. The van der Waals surface area contributed by atoms with E-state index in [1.165, 1.54) is 33.4 Å². The van der Waals surface area contributed by atoms with Crippen molar-refractivity contribution in [3.63, 3.8) is 0 Å². The number of carbonyl (C=O) groups is 5. The van der Waals surface area contributed by atoms with Crippen LogP contribution in [0.5, 0.6) is 11.5 Å². The van der Waals surface area contributed by atoms with Crippen LogP contribution in [0, 0.1) is 11.8 Å². The molecule has 0 bridgehead atoms. The van der Waals surface area contributed by atoms with Crippen molar-refractivity contribution >= 4 is 29.8 Å². The van der Waals surface area contributed by atoms with E-state index in [0.717, 1.165) is 5.56 Å². The van der Waals surface area contributed by atoms with Crippen molar-refractivity contribution in [3.8, 4) is 11.5 Å². The molecule has 3 rings (SSSR count). The number of cyclic esters (lactones) is 2. The fourth-order valence-corrected chi connectivity index (χ4v) is 4.21. The fraction of sp³-hybridized carbons (Fsp3) is 0.467. The first-order valence-electron chi connectivity index (χ1n) is 13.7. The average Bonchev–Trinajstić information content (AvgIpc) is 3.03. The summed E-state index contributed by atoms with van der Waals surface area (Å²) in [5.74, 6) is -5.05. The molecule has 0 aliphatic carbocycles. The molecule has 3 unspecified atom stereocenters. The molecule has 1 amide bonds. The van der Waals surface area contributed by atoms with E-state index in [1.807, 2.05) is 18.2 Å². The van der Waals surface area contributed by atoms with Gasteiger partial charge in [-0.3, -0.25) is 19.2 Å². The molecule has 0 spiro atoms. The number of hydrogen-bond donors (Lipinski definition) is 1. The summed E-state index contributed by atoms with van der Waals surface area (Å²) in [6.45, 7) is 4.08. The normalized spacial score (nSPS) is 20.4. The molecule has 1 saturated heterocycles. The predicted molar refractivity (Wildman–Crippen MR) is 149 cm³/mol. The van der Waals surface area contributed by atoms with Crippen LogP contribution >= 0.6 is 0 Å². The summed E-state index contributed by atoms with van der Waals surface area (Å²) >= 11 is 0. The summed E-state index contributed by atoms with van der Waals surface area (Å²) in [7, 11) is 2.59. The molecule has 1 aromatic carbocycles. The van der Waals surface area contributed by atoms with E-state index >= 15 is 0 Å². The number of methoxy groups -OCH3 is 2. The molecule has 1 aromatic heterocycles. The number of nitrogens with one attached hydrogen (secondary N) is 1. The van der Waals surface area contributed by atoms with Crippen molar-refractivity contribution in [1.29, 1.82) is 0 Å². The Morgan fingerprint density at radius 1 is 1.07 bits per heavy atom. The number of nitrogens with zero attached hydrogens (tertiary/aromatic N) is 1. The van der Waals surface area contributed by atoms with Crippen LogP contribution in [0.1, 0.15) is 43.2 Å². The molecule has 0 radical (unpaired) electrons. The lowest BCUT2D eigenvalue weighted by molar-refractivity contribution is -0.176. The number of aromatic nitrogens is 1. The SMILES string of the molecule is COC(=O)CCOc1c(OC)ccnc1C(=O)NC1COC(=O)C(Cc2ccccc2)C(OC(=O)C(C)C)[C@H](C)OC1=O. The van der Waals surface area contributed by atoms with Gasteiger partial charge in [-0.05, 0) is 18.9 Å². The molecule has 4 atom stereocenters. The van der Waals surface area contributed by atoms with Crippen molar-refractivity contribution in [1.82, 2.24) is 10.3 Å². The minimum atomic E-state index is -1.44. The van der Waals surface area contributed by atoms with Gasteiger partial charge in [0.05, 0.1) is 33.2 Å². The molecule has 232 valence electrons. The number of benzene rings is 1. The molecule has 13 nitrogen and oxygen atoms in total. The summed E-state index contributed by atoms with van der Waals surface area (Å²) < 4.78 is 32.3. The van der Waals surface area contributed by atoms with E-state index in [-0.39, 0.29) is 36.6 Å². The van der Waals surface area contributed by atoms with Crippen LogP contribution in [0.25, 0.3) is 0 Å². The molecule has 1 N–H and O–H groups in total. The first-order valence-corrected chi connectivity index (χ1v) is 13.7. The zero-order valence-electron chi connectivity index (χ0n) is 24.7. The Morgan fingerprint density at radius 2 is 1.79 bits per heavy atom. The Bertz CT molecular complexity index is 1300. The molecule has 1 fully saturated rings. The third kappa shape index (κ3) is 8.90. The first-order chi connectivity index (χ1) is 20.5. The third-order valence-electron chi connectivity index (χ3n) is 6.55. The second kappa shape index (κ2) is 15.5. The zero-order valence-corrected chi connectivity index (χ0v) is 24.7. The zero-order chi connectivity index (χ0) is 31.5. The van der Waals surface area contributed by atoms with E-state index in [0.29, 0.717) is 0 Å². The van der Waals surface area contributed by atoms with Gasteiger partial charge in [-0.1, -0.05) is 44.2 Å². The van der Waals surface area contributed by atoms with Crippen molar-refractivity contribution in [3.05, 3.63) is 53.9 Å².